The van der Waals surface area contributed by atoms with Gasteiger partial charge in [0.15, 0.2) is 5.69 Å². The summed E-state index contributed by atoms with van der Waals surface area (Å²) in [6, 6.07) is 6.41. The van der Waals surface area contributed by atoms with Crippen molar-refractivity contribution >= 4 is 5.91 Å². The largest absolute Gasteiger partial charge is 0.434 e. The van der Waals surface area contributed by atoms with E-state index < -0.39 is 23.3 Å². The van der Waals surface area contributed by atoms with Crippen molar-refractivity contribution in [2.75, 3.05) is 0 Å². The van der Waals surface area contributed by atoms with Crippen LogP contribution in [0, 0.1) is 6.92 Å². The van der Waals surface area contributed by atoms with E-state index >= 15 is 0 Å². The zero-order valence-electron chi connectivity index (χ0n) is 14.4. The van der Waals surface area contributed by atoms with Crippen LogP contribution in [0.5, 0.6) is 0 Å². The van der Waals surface area contributed by atoms with Gasteiger partial charge in [-0.15, -0.1) is 0 Å². The van der Waals surface area contributed by atoms with Crippen LogP contribution in [0.15, 0.2) is 30.5 Å². The molecule has 1 aromatic carbocycles. The van der Waals surface area contributed by atoms with Crippen molar-refractivity contribution in [2.24, 2.45) is 5.73 Å². The molecule has 0 radical (unpaired) electrons. The van der Waals surface area contributed by atoms with E-state index in [9.17, 15) is 18.0 Å². The topological polar surface area (TPSA) is 72.9 Å². The van der Waals surface area contributed by atoms with E-state index in [0.717, 1.165) is 29.3 Å². The summed E-state index contributed by atoms with van der Waals surface area (Å²) in [6.45, 7) is 1.84. The van der Waals surface area contributed by atoms with Crippen LogP contribution in [0.25, 0.3) is 5.69 Å². The number of carbonyl (C=O) groups is 1. The summed E-state index contributed by atoms with van der Waals surface area (Å²) in [5.74, 6) is -0.754. The maximum Gasteiger partial charge on any atom is 0.434 e. The van der Waals surface area contributed by atoms with Gasteiger partial charge in [0.1, 0.15) is 0 Å². The molecule has 0 saturated heterocycles. The van der Waals surface area contributed by atoms with Gasteiger partial charge in [-0.25, -0.2) is 4.68 Å². The Hall–Kier alpha value is -2.35. The van der Waals surface area contributed by atoms with Gasteiger partial charge in [-0.05, 0) is 44.7 Å². The van der Waals surface area contributed by atoms with Gasteiger partial charge < -0.3 is 11.1 Å². The molecule has 140 valence electrons. The minimum atomic E-state index is -4.71. The first kappa shape index (κ1) is 18.4. The van der Waals surface area contributed by atoms with Crippen LogP contribution in [-0.4, -0.2) is 27.8 Å². The number of nitrogens with two attached hydrogens (primary N) is 1. The smallest absolute Gasteiger partial charge is 0.349 e. The molecular formula is C18H21F3N4O. The molecule has 1 saturated carbocycles. The molecule has 26 heavy (non-hydrogen) atoms. The molecule has 1 aliphatic rings. The molecule has 2 aromatic rings. The molecule has 1 aromatic heterocycles. The van der Waals surface area contributed by atoms with E-state index in [4.69, 9.17) is 5.73 Å². The third kappa shape index (κ3) is 3.90. The predicted molar refractivity (Wildman–Crippen MR) is 91.0 cm³/mol. The Labute approximate surface area is 149 Å². The van der Waals surface area contributed by atoms with Crippen molar-refractivity contribution in [1.29, 1.82) is 0 Å². The molecule has 1 aliphatic carbocycles. The van der Waals surface area contributed by atoms with Gasteiger partial charge in [0.2, 0.25) is 0 Å². The molecular weight excluding hydrogens is 345 g/mol. The number of hydrogen-bond acceptors (Lipinski definition) is 3. The molecule has 1 amide bonds. The molecule has 3 N–H and O–H groups in total. The lowest BCUT2D eigenvalue weighted by atomic mass is 9.91. The first-order chi connectivity index (χ1) is 12.3. The molecule has 3 rings (SSSR count). The maximum atomic E-state index is 13.6. The van der Waals surface area contributed by atoms with E-state index in [1.54, 1.807) is 24.3 Å². The fraction of sp³-hybridized carbons (Fsp3) is 0.444. The van der Waals surface area contributed by atoms with E-state index in [1.807, 2.05) is 6.92 Å². The van der Waals surface area contributed by atoms with Gasteiger partial charge in [-0.2, -0.15) is 18.3 Å². The lowest BCUT2D eigenvalue weighted by molar-refractivity contribution is -0.143. The zero-order chi connectivity index (χ0) is 18.9. The first-order valence-corrected chi connectivity index (χ1v) is 8.54. The van der Waals surface area contributed by atoms with Crippen molar-refractivity contribution in [2.45, 2.75) is 50.9 Å². The van der Waals surface area contributed by atoms with Crippen LogP contribution in [0.1, 0.15) is 47.3 Å². The molecule has 1 fully saturated rings. The molecule has 0 unspecified atom stereocenters. The van der Waals surface area contributed by atoms with Crippen molar-refractivity contribution in [3.05, 3.63) is 47.3 Å². The Morgan fingerprint density at radius 3 is 2.38 bits per heavy atom. The standard InChI is InChI=1S/C18H21F3N4O/c1-11-2-8-14(9-3-11)25-16(18(19,20)21)15(10-23-25)17(26)24-13-6-4-12(22)5-7-13/h2-3,8-10,12-13H,4-7,22H2,1H3,(H,24,26). The highest BCUT2D eigenvalue weighted by atomic mass is 19.4. The van der Waals surface area contributed by atoms with Crippen molar-refractivity contribution in [3.8, 4) is 5.69 Å². The molecule has 0 aliphatic heterocycles. The SMILES string of the molecule is Cc1ccc(-n2ncc(C(=O)NC3CCC(N)CC3)c2C(F)(F)F)cc1. The molecule has 0 bridgehead atoms. The van der Waals surface area contributed by atoms with Crippen LogP contribution in [0.2, 0.25) is 0 Å². The zero-order valence-corrected chi connectivity index (χ0v) is 14.4. The Balaban J connectivity index is 1.89. The van der Waals surface area contributed by atoms with Crippen LogP contribution in [0.3, 0.4) is 0 Å². The predicted octanol–water partition coefficient (Wildman–Crippen LogP) is 3.20. The number of halogens is 3. The number of nitrogens with zero attached hydrogens (tertiary/aromatic N) is 2. The number of aryl methyl sites for hydroxylation is 1. The fourth-order valence-electron chi connectivity index (χ4n) is 3.20. The van der Waals surface area contributed by atoms with Gasteiger partial charge in [-0.3, -0.25) is 4.79 Å². The Morgan fingerprint density at radius 2 is 1.81 bits per heavy atom. The van der Waals surface area contributed by atoms with E-state index in [0.29, 0.717) is 12.8 Å². The first-order valence-electron chi connectivity index (χ1n) is 8.54. The highest BCUT2D eigenvalue weighted by Gasteiger charge is 2.41. The second-order valence-electron chi connectivity index (χ2n) is 6.74. The van der Waals surface area contributed by atoms with Gasteiger partial charge in [0.05, 0.1) is 17.4 Å². The summed E-state index contributed by atoms with van der Waals surface area (Å²) in [6.07, 6.45) is -0.893. The maximum absolute atomic E-state index is 13.6. The minimum Gasteiger partial charge on any atom is -0.349 e. The number of aromatic nitrogens is 2. The van der Waals surface area contributed by atoms with Crippen molar-refractivity contribution in [3.63, 3.8) is 0 Å². The highest BCUT2D eigenvalue weighted by Crippen LogP contribution is 2.34. The molecule has 5 nitrogen and oxygen atoms in total. The number of amides is 1. The van der Waals surface area contributed by atoms with Gasteiger partial charge in [-0.1, -0.05) is 17.7 Å². The lowest BCUT2D eigenvalue weighted by Gasteiger charge is -2.26. The van der Waals surface area contributed by atoms with Crippen molar-refractivity contribution in [1.82, 2.24) is 15.1 Å². The number of hydrogen-bond donors (Lipinski definition) is 2. The number of rotatable bonds is 3. The monoisotopic (exact) mass is 366 g/mol. The van der Waals surface area contributed by atoms with E-state index in [-0.39, 0.29) is 17.8 Å². The van der Waals surface area contributed by atoms with Crippen LogP contribution in [0.4, 0.5) is 13.2 Å². The van der Waals surface area contributed by atoms with Crippen molar-refractivity contribution < 1.29 is 18.0 Å². The molecule has 1 heterocycles. The summed E-state index contributed by atoms with van der Waals surface area (Å²) in [5.41, 5.74) is 5.47. The summed E-state index contributed by atoms with van der Waals surface area (Å²) in [4.78, 5) is 12.5. The Bertz CT molecular complexity index is 775. The third-order valence-corrected chi connectivity index (χ3v) is 4.67. The van der Waals surface area contributed by atoms with Gasteiger partial charge in [0, 0.05) is 12.1 Å². The average Bonchev–Trinajstić information content (AvgIpc) is 3.03. The third-order valence-electron chi connectivity index (χ3n) is 4.67. The van der Waals surface area contributed by atoms with Crippen LogP contribution >= 0.6 is 0 Å². The number of nitrogens with one attached hydrogen (secondary N) is 1. The van der Waals surface area contributed by atoms with Crippen LogP contribution < -0.4 is 11.1 Å². The second kappa shape index (κ2) is 7.11. The molecule has 8 heteroatoms. The van der Waals surface area contributed by atoms with E-state index in [2.05, 4.69) is 10.4 Å². The van der Waals surface area contributed by atoms with Gasteiger partial charge >= 0.3 is 6.18 Å². The summed E-state index contributed by atoms with van der Waals surface area (Å²) >= 11 is 0. The molecule has 0 spiro atoms. The average molecular weight is 366 g/mol. The fourth-order valence-corrected chi connectivity index (χ4v) is 3.20. The van der Waals surface area contributed by atoms with Gasteiger partial charge in [0.25, 0.3) is 5.91 Å². The Morgan fingerprint density at radius 1 is 1.19 bits per heavy atom. The summed E-state index contributed by atoms with van der Waals surface area (Å²) in [7, 11) is 0. The lowest BCUT2D eigenvalue weighted by Crippen LogP contribution is -2.41. The summed E-state index contributed by atoms with van der Waals surface area (Å²) in [5, 5.41) is 6.52. The quantitative estimate of drug-likeness (QED) is 0.876. The Kier molecular flexibility index (Phi) is 5.04. The highest BCUT2D eigenvalue weighted by molar-refractivity contribution is 5.95. The number of alkyl halides is 3. The molecule has 0 atom stereocenters. The van der Waals surface area contributed by atoms with Crippen LogP contribution in [-0.2, 0) is 6.18 Å². The second-order valence-corrected chi connectivity index (χ2v) is 6.74. The number of carbonyl (C=O) groups excluding carboxylic acids is 1. The minimum absolute atomic E-state index is 0.0955. The number of benzene rings is 1. The van der Waals surface area contributed by atoms with E-state index in [1.165, 1.54) is 0 Å². The normalized spacial score (nSPS) is 20.8. The summed E-state index contributed by atoms with van der Waals surface area (Å²) < 4.78 is 41.7.